The highest BCUT2D eigenvalue weighted by molar-refractivity contribution is 5.97. The monoisotopic (exact) mass is 547 g/mol. The zero-order valence-electron chi connectivity index (χ0n) is 21.7. The minimum Gasteiger partial charge on any atom is -0.494 e. The number of nitrogens with zero attached hydrogens (tertiary/aromatic N) is 3. The van der Waals surface area contributed by atoms with Gasteiger partial charge in [0.25, 0.3) is 0 Å². The van der Waals surface area contributed by atoms with Gasteiger partial charge in [0, 0.05) is 50.6 Å². The SMILES string of the molecule is CCOc1ccc(NC(=O)C[C@H]2C(=O)NCCN2C(=O)CN2CCN(c3cccc(C(F)(F)F)c3)CC2)cc1. The van der Waals surface area contributed by atoms with E-state index in [0.717, 1.165) is 12.1 Å². The van der Waals surface area contributed by atoms with Crippen LogP contribution in [-0.4, -0.2) is 86.0 Å². The predicted molar refractivity (Wildman–Crippen MR) is 139 cm³/mol. The topological polar surface area (TPSA) is 94.2 Å². The molecule has 2 aromatic rings. The fourth-order valence-electron chi connectivity index (χ4n) is 4.73. The first-order chi connectivity index (χ1) is 18.6. The number of nitrogens with one attached hydrogen (secondary N) is 2. The number of benzene rings is 2. The number of halogens is 3. The largest absolute Gasteiger partial charge is 0.494 e. The second-order valence-electron chi connectivity index (χ2n) is 9.41. The Morgan fingerprint density at radius 3 is 2.44 bits per heavy atom. The molecule has 2 aliphatic heterocycles. The fourth-order valence-corrected chi connectivity index (χ4v) is 4.73. The lowest BCUT2D eigenvalue weighted by Crippen LogP contribution is -2.60. The number of hydrogen-bond donors (Lipinski definition) is 2. The lowest BCUT2D eigenvalue weighted by Gasteiger charge is -2.39. The molecule has 0 aliphatic carbocycles. The molecule has 12 heteroatoms. The van der Waals surface area contributed by atoms with E-state index in [9.17, 15) is 27.6 Å². The molecule has 0 saturated carbocycles. The van der Waals surface area contributed by atoms with Gasteiger partial charge in [0.1, 0.15) is 11.8 Å². The van der Waals surface area contributed by atoms with E-state index in [4.69, 9.17) is 4.74 Å². The van der Waals surface area contributed by atoms with Gasteiger partial charge >= 0.3 is 6.18 Å². The summed E-state index contributed by atoms with van der Waals surface area (Å²) in [5.41, 5.74) is 0.344. The molecule has 2 aromatic carbocycles. The van der Waals surface area contributed by atoms with E-state index in [-0.39, 0.29) is 31.3 Å². The number of amides is 3. The highest BCUT2D eigenvalue weighted by Gasteiger charge is 2.36. The fraction of sp³-hybridized carbons (Fsp3) is 0.444. The normalized spacial score (nSPS) is 18.5. The van der Waals surface area contributed by atoms with Crippen molar-refractivity contribution in [2.45, 2.75) is 25.6 Å². The molecule has 0 unspecified atom stereocenters. The first-order valence-electron chi connectivity index (χ1n) is 12.9. The molecule has 0 radical (unpaired) electrons. The van der Waals surface area contributed by atoms with Gasteiger partial charge in [-0.15, -0.1) is 0 Å². The van der Waals surface area contributed by atoms with E-state index < -0.39 is 23.7 Å². The third-order valence-electron chi connectivity index (χ3n) is 6.75. The van der Waals surface area contributed by atoms with Gasteiger partial charge in [-0.2, -0.15) is 13.2 Å². The van der Waals surface area contributed by atoms with Gasteiger partial charge in [-0.25, -0.2) is 0 Å². The number of rotatable bonds is 8. The summed E-state index contributed by atoms with van der Waals surface area (Å²) < 4.78 is 44.6. The van der Waals surface area contributed by atoms with Crippen molar-refractivity contribution >= 4 is 29.1 Å². The molecule has 39 heavy (non-hydrogen) atoms. The second-order valence-corrected chi connectivity index (χ2v) is 9.41. The Morgan fingerprint density at radius 1 is 1.05 bits per heavy atom. The van der Waals surface area contributed by atoms with Crippen molar-refractivity contribution in [1.29, 1.82) is 0 Å². The highest BCUT2D eigenvalue weighted by atomic mass is 19.4. The number of ether oxygens (including phenoxy) is 1. The number of hydrogen-bond acceptors (Lipinski definition) is 6. The van der Waals surface area contributed by atoms with Crippen LogP contribution in [0.1, 0.15) is 18.9 Å². The molecular formula is C27H32F3N5O4. The first-order valence-corrected chi connectivity index (χ1v) is 12.9. The van der Waals surface area contributed by atoms with Gasteiger partial charge in [-0.3, -0.25) is 19.3 Å². The molecule has 9 nitrogen and oxygen atoms in total. The van der Waals surface area contributed by atoms with Crippen LogP contribution in [0.3, 0.4) is 0 Å². The van der Waals surface area contributed by atoms with Gasteiger partial charge < -0.3 is 25.2 Å². The Balaban J connectivity index is 1.31. The molecule has 4 rings (SSSR count). The summed E-state index contributed by atoms with van der Waals surface area (Å²) in [6.45, 7) is 4.92. The zero-order valence-corrected chi connectivity index (χ0v) is 21.7. The quantitative estimate of drug-likeness (QED) is 0.528. The Labute approximate surface area is 224 Å². The number of alkyl halides is 3. The molecule has 2 saturated heterocycles. The average molecular weight is 548 g/mol. The van der Waals surface area contributed by atoms with Crippen molar-refractivity contribution < 1.29 is 32.3 Å². The van der Waals surface area contributed by atoms with Crippen LogP contribution in [0.4, 0.5) is 24.5 Å². The highest BCUT2D eigenvalue weighted by Crippen LogP contribution is 2.32. The lowest BCUT2D eigenvalue weighted by molar-refractivity contribution is -0.145. The van der Waals surface area contributed by atoms with Gasteiger partial charge in [-0.1, -0.05) is 6.07 Å². The van der Waals surface area contributed by atoms with Crippen molar-refractivity contribution in [3.63, 3.8) is 0 Å². The maximum atomic E-state index is 13.2. The van der Waals surface area contributed by atoms with E-state index >= 15 is 0 Å². The standard InChI is InChI=1S/C27H32F3N5O4/c1-2-39-22-8-6-20(7-9-22)32-24(36)17-23-26(38)31-10-11-35(23)25(37)18-33-12-14-34(15-13-33)21-5-3-4-19(16-21)27(28,29)30/h3-9,16,23H,2,10-15,17-18H2,1H3,(H,31,38)(H,32,36)/t23-/m0/s1. The molecular weight excluding hydrogens is 515 g/mol. The molecule has 0 bridgehead atoms. The summed E-state index contributed by atoms with van der Waals surface area (Å²) in [5.74, 6) is -0.370. The third-order valence-corrected chi connectivity index (χ3v) is 6.75. The van der Waals surface area contributed by atoms with Crippen LogP contribution in [0.15, 0.2) is 48.5 Å². The Bertz CT molecular complexity index is 1170. The van der Waals surface area contributed by atoms with E-state index in [2.05, 4.69) is 10.6 Å². The number of carbonyl (C=O) groups excluding carboxylic acids is 3. The van der Waals surface area contributed by atoms with Crippen LogP contribution in [0.25, 0.3) is 0 Å². The molecule has 2 fully saturated rings. The Hall–Kier alpha value is -3.80. The van der Waals surface area contributed by atoms with Crippen LogP contribution in [0.2, 0.25) is 0 Å². The number of piperazine rings is 2. The molecule has 210 valence electrons. The molecule has 3 amide bonds. The summed E-state index contributed by atoms with van der Waals surface area (Å²) in [7, 11) is 0. The number of carbonyl (C=O) groups is 3. The van der Waals surface area contributed by atoms with Crippen LogP contribution in [-0.2, 0) is 20.6 Å². The molecule has 0 aromatic heterocycles. The molecule has 2 aliphatic rings. The van der Waals surface area contributed by atoms with Crippen molar-refractivity contribution in [3.8, 4) is 5.75 Å². The first kappa shape index (κ1) is 28.2. The summed E-state index contributed by atoms with van der Waals surface area (Å²) in [6, 6.07) is 11.1. The molecule has 2 heterocycles. The number of anilines is 2. The summed E-state index contributed by atoms with van der Waals surface area (Å²) in [6.07, 6.45) is -4.60. The summed E-state index contributed by atoms with van der Waals surface area (Å²) in [4.78, 5) is 43.7. The van der Waals surface area contributed by atoms with Crippen LogP contribution in [0, 0.1) is 0 Å². The molecule has 2 N–H and O–H groups in total. The van der Waals surface area contributed by atoms with Crippen molar-refractivity contribution in [3.05, 3.63) is 54.1 Å². The Morgan fingerprint density at radius 2 is 1.77 bits per heavy atom. The summed E-state index contributed by atoms with van der Waals surface area (Å²) >= 11 is 0. The average Bonchev–Trinajstić information content (AvgIpc) is 2.91. The smallest absolute Gasteiger partial charge is 0.416 e. The van der Waals surface area contributed by atoms with Gasteiger partial charge in [0.05, 0.1) is 25.1 Å². The van der Waals surface area contributed by atoms with Gasteiger partial charge in [-0.05, 0) is 49.4 Å². The predicted octanol–water partition coefficient (Wildman–Crippen LogP) is 2.58. The summed E-state index contributed by atoms with van der Waals surface area (Å²) in [5, 5.41) is 5.48. The van der Waals surface area contributed by atoms with E-state index in [1.807, 2.05) is 16.7 Å². The third kappa shape index (κ3) is 7.41. The lowest BCUT2D eigenvalue weighted by atomic mass is 10.1. The molecule has 1 atom stereocenters. The van der Waals surface area contributed by atoms with Gasteiger partial charge in [0.15, 0.2) is 0 Å². The van der Waals surface area contributed by atoms with Crippen molar-refractivity contribution in [2.75, 3.05) is 62.6 Å². The van der Waals surface area contributed by atoms with Crippen molar-refractivity contribution in [1.82, 2.24) is 15.1 Å². The van der Waals surface area contributed by atoms with Crippen LogP contribution < -0.4 is 20.3 Å². The maximum absolute atomic E-state index is 13.2. The minimum atomic E-state index is -4.41. The van der Waals surface area contributed by atoms with Crippen LogP contribution >= 0.6 is 0 Å². The zero-order chi connectivity index (χ0) is 28.0. The second kappa shape index (κ2) is 12.4. The molecule has 0 spiro atoms. The van der Waals surface area contributed by atoms with E-state index in [1.165, 1.54) is 11.0 Å². The van der Waals surface area contributed by atoms with E-state index in [1.54, 1.807) is 30.3 Å². The maximum Gasteiger partial charge on any atom is 0.416 e. The van der Waals surface area contributed by atoms with E-state index in [0.29, 0.717) is 56.5 Å². The van der Waals surface area contributed by atoms with Crippen LogP contribution in [0.5, 0.6) is 5.75 Å². The Kier molecular flexibility index (Phi) is 8.95. The van der Waals surface area contributed by atoms with Crippen molar-refractivity contribution in [2.24, 2.45) is 0 Å². The minimum absolute atomic E-state index is 0.0563. The van der Waals surface area contributed by atoms with Gasteiger partial charge in [0.2, 0.25) is 17.7 Å².